The van der Waals surface area contributed by atoms with Crippen LogP contribution in [0.5, 0.6) is 0 Å². The lowest BCUT2D eigenvalue weighted by molar-refractivity contribution is -0.251. The van der Waals surface area contributed by atoms with Crippen molar-refractivity contribution in [2.75, 3.05) is 6.61 Å². The lowest BCUT2D eigenvalue weighted by Crippen LogP contribution is -2.44. The molecule has 12 unspecified atom stereocenters. The molecule has 3 saturated heterocycles. The van der Waals surface area contributed by atoms with E-state index < -0.39 is 48.4 Å². The average Bonchev–Trinajstić information content (AvgIpc) is 3.59. The van der Waals surface area contributed by atoms with Crippen molar-refractivity contribution < 1.29 is 42.8 Å². The number of carbonyl (C=O) groups is 3. The molecule has 0 N–H and O–H groups in total. The van der Waals surface area contributed by atoms with Gasteiger partial charge in [-0.25, -0.2) is 4.79 Å². The molecule has 6 fully saturated rings. The maximum atomic E-state index is 13.0. The predicted octanol–water partition coefficient (Wildman–Crippen LogP) is 1.95. The van der Waals surface area contributed by atoms with Crippen molar-refractivity contribution in [1.82, 2.24) is 0 Å². The quantitative estimate of drug-likeness (QED) is 0.456. The van der Waals surface area contributed by atoms with Crippen LogP contribution in [0.25, 0.3) is 0 Å². The van der Waals surface area contributed by atoms with Crippen LogP contribution in [0.3, 0.4) is 0 Å². The van der Waals surface area contributed by atoms with Crippen LogP contribution in [0.4, 0.5) is 0 Å². The number of carbonyl (C=O) groups excluding carboxylic acids is 3. The third kappa shape index (κ3) is 3.11. The Balaban J connectivity index is 1.13. The van der Waals surface area contributed by atoms with E-state index in [1.807, 2.05) is 0 Å². The highest BCUT2D eigenvalue weighted by Crippen LogP contribution is 2.56. The van der Waals surface area contributed by atoms with Crippen LogP contribution in [0.1, 0.15) is 52.9 Å². The minimum Gasteiger partial charge on any atom is -0.466 e. The molecule has 3 heterocycles. The Morgan fingerprint density at radius 3 is 2.61 bits per heavy atom. The van der Waals surface area contributed by atoms with Crippen LogP contribution in [-0.4, -0.2) is 61.0 Å². The molecule has 12 atom stereocenters. The molecule has 2 bridgehead atoms. The minimum atomic E-state index is -1.12. The number of ether oxygens (including phenoxy) is 6. The highest BCUT2D eigenvalue weighted by atomic mass is 16.9. The number of fused-ring (bicyclic) bond motifs is 5. The largest absolute Gasteiger partial charge is 0.466 e. The van der Waals surface area contributed by atoms with Gasteiger partial charge in [-0.15, -0.1) is 0 Å². The van der Waals surface area contributed by atoms with Crippen LogP contribution >= 0.6 is 0 Å². The molecule has 182 valence electrons. The molecule has 9 heteroatoms. The summed E-state index contributed by atoms with van der Waals surface area (Å²) >= 11 is 0. The predicted molar refractivity (Wildman–Crippen MR) is 109 cm³/mol. The van der Waals surface area contributed by atoms with Gasteiger partial charge < -0.3 is 28.4 Å². The van der Waals surface area contributed by atoms with E-state index >= 15 is 0 Å². The number of esters is 3. The first-order valence-corrected chi connectivity index (χ1v) is 12.4. The zero-order valence-electron chi connectivity index (χ0n) is 19.3. The molecule has 0 amide bonds. The van der Waals surface area contributed by atoms with Gasteiger partial charge in [0.05, 0.1) is 12.5 Å². The van der Waals surface area contributed by atoms with E-state index in [4.69, 9.17) is 28.4 Å². The molecule has 1 spiro atoms. The van der Waals surface area contributed by atoms with Crippen LogP contribution in [0.2, 0.25) is 0 Å². The molecule has 3 aliphatic carbocycles. The summed E-state index contributed by atoms with van der Waals surface area (Å²) in [7, 11) is 0. The summed E-state index contributed by atoms with van der Waals surface area (Å²) in [6.07, 6.45) is -0.298. The lowest BCUT2D eigenvalue weighted by atomic mass is 9.76. The van der Waals surface area contributed by atoms with E-state index in [2.05, 4.69) is 13.8 Å². The third-order valence-electron chi connectivity index (χ3n) is 9.20. The Labute approximate surface area is 192 Å². The molecule has 0 aromatic carbocycles. The molecule has 0 aromatic rings. The number of hydrogen-bond acceptors (Lipinski definition) is 9. The SMILES string of the molecule is CCOC(=O)C1CCCC12OC1OC3C(OC(=O)C4CC5CC4C(C)C5C)C(=O)OC3C1O2. The van der Waals surface area contributed by atoms with Gasteiger partial charge in [0.15, 0.2) is 24.3 Å². The number of hydrogen-bond donors (Lipinski definition) is 0. The standard InChI is InChI=1S/C24H32O9/c1-4-28-21(26)15-6-5-7-24(15)32-19-17-16(31-23(19)33-24)18(22(27)29-17)30-20(25)14-9-12-8-13(14)11(3)10(12)2/h10-19,23H,4-9H2,1-3H3. The molecular formula is C24H32O9. The molecule has 9 nitrogen and oxygen atoms in total. The Morgan fingerprint density at radius 1 is 1.06 bits per heavy atom. The summed E-state index contributed by atoms with van der Waals surface area (Å²) in [6.45, 7) is 6.50. The van der Waals surface area contributed by atoms with Crippen molar-refractivity contribution in [3.05, 3.63) is 0 Å². The first-order valence-electron chi connectivity index (χ1n) is 12.4. The van der Waals surface area contributed by atoms with Crippen molar-refractivity contribution in [2.45, 2.75) is 89.4 Å². The lowest BCUT2D eigenvalue weighted by Gasteiger charge is -2.31. The summed E-state index contributed by atoms with van der Waals surface area (Å²) in [5.41, 5.74) is 0. The topological polar surface area (TPSA) is 107 Å². The van der Waals surface area contributed by atoms with Crippen LogP contribution in [0, 0.1) is 35.5 Å². The maximum Gasteiger partial charge on any atom is 0.350 e. The zero-order valence-corrected chi connectivity index (χ0v) is 19.3. The Hall–Kier alpha value is -1.71. The molecule has 6 aliphatic rings. The Kier molecular flexibility index (Phi) is 5.05. The summed E-state index contributed by atoms with van der Waals surface area (Å²) < 4.78 is 34.8. The fraction of sp³-hybridized carbons (Fsp3) is 0.875. The molecule has 3 aliphatic heterocycles. The van der Waals surface area contributed by atoms with E-state index in [9.17, 15) is 14.4 Å². The molecule has 0 radical (unpaired) electrons. The molecule has 33 heavy (non-hydrogen) atoms. The summed E-state index contributed by atoms with van der Waals surface area (Å²) in [6, 6.07) is 0. The third-order valence-corrected chi connectivity index (χ3v) is 9.20. The van der Waals surface area contributed by atoms with Gasteiger partial charge in [-0.2, -0.15) is 0 Å². The van der Waals surface area contributed by atoms with E-state index in [1.54, 1.807) is 6.92 Å². The summed E-state index contributed by atoms with van der Waals surface area (Å²) in [4.78, 5) is 38.1. The van der Waals surface area contributed by atoms with Crippen molar-refractivity contribution in [1.29, 1.82) is 0 Å². The van der Waals surface area contributed by atoms with Crippen LogP contribution in [-0.2, 0) is 42.8 Å². The molecular weight excluding hydrogens is 432 g/mol. The van der Waals surface area contributed by atoms with Crippen molar-refractivity contribution in [3.8, 4) is 0 Å². The van der Waals surface area contributed by atoms with Gasteiger partial charge in [0, 0.05) is 6.42 Å². The van der Waals surface area contributed by atoms with Crippen molar-refractivity contribution in [2.24, 2.45) is 35.5 Å². The van der Waals surface area contributed by atoms with Gasteiger partial charge in [-0.1, -0.05) is 13.8 Å². The van der Waals surface area contributed by atoms with Gasteiger partial charge in [0.1, 0.15) is 12.0 Å². The highest BCUT2D eigenvalue weighted by Gasteiger charge is 2.69. The zero-order chi connectivity index (χ0) is 23.1. The smallest absolute Gasteiger partial charge is 0.350 e. The van der Waals surface area contributed by atoms with Gasteiger partial charge in [-0.05, 0) is 56.3 Å². The Bertz CT molecular complexity index is 857. The van der Waals surface area contributed by atoms with Gasteiger partial charge in [-0.3, -0.25) is 9.59 Å². The maximum absolute atomic E-state index is 13.0. The second kappa shape index (κ2) is 7.65. The summed E-state index contributed by atoms with van der Waals surface area (Å²) in [5, 5.41) is 0. The fourth-order valence-corrected chi connectivity index (χ4v) is 7.35. The highest BCUT2D eigenvalue weighted by molar-refractivity contribution is 5.83. The van der Waals surface area contributed by atoms with Crippen molar-refractivity contribution >= 4 is 17.9 Å². The van der Waals surface area contributed by atoms with E-state index in [0.717, 1.165) is 19.3 Å². The Morgan fingerprint density at radius 2 is 1.88 bits per heavy atom. The van der Waals surface area contributed by atoms with Crippen LogP contribution in [0.15, 0.2) is 0 Å². The molecule has 3 saturated carbocycles. The van der Waals surface area contributed by atoms with Gasteiger partial charge >= 0.3 is 17.9 Å². The van der Waals surface area contributed by atoms with E-state index in [1.165, 1.54) is 0 Å². The van der Waals surface area contributed by atoms with Gasteiger partial charge in [0.25, 0.3) is 0 Å². The van der Waals surface area contributed by atoms with E-state index in [-0.39, 0.29) is 24.5 Å². The first kappa shape index (κ1) is 21.8. The second-order valence-corrected chi connectivity index (χ2v) is 10.7. The first-order chi connectivity index (χ1) is 15.8. The van der Waals surface area contributed by atoms with Gasteiger partial charge in [0.2, 0.25) is 6.10 Å². The van der Waals surface area contributed by atoms with Crippen molar-refractivity contribution in [3.63, 3.8) is 0 Å². The molecule has 0 aromatic heterocycles. The van der Waals surface area contributed by atoms with Crippen LogP contribution < -0.4 is 0 Å². The molecule has 6 rings (SSSR count). The monoisotopic (exact) mass is 464 g/mol. The van der Waals surface area contributed by atoms with E-state index in [0.29, 0.717) is 36.5 Å². The normalized spacial score (nSPS) is 51.6. The number of rotatable bonds is 4. The average molecular weight is 465 g/mol. The summed E-state index contributed by atoms with van der Waals surface area (Å²) in [5.74, 6) is -1.18. The minimum absolute atomic E-state index is 0.173. The second-order valence-electron chi connectivity index (χ2n) is 10.7. The fourth-order valence-electron chi connectivity index (χ4n) is 7.35.